The Morgan fingerprint density at radius 1 is 1.28 bits per heavy atom. The second kappa shape index (κ2) is 8.71. The van der Waals surface area contributed by atoms with Gasteiger partial charge in [-0.05, 0) is 31.4 Å². The van der Waals surface area contributed by atoms with Crippen LogP contribution in [0.2, 0.25) is 0 Å². The molecule has 1 amide bonds. The summed E-state index contributed by atoms with van der Waals surface area (Å²) >= 11 is 1.54. The molecule has 1 heterocycles. The topological polar surface area (TPSA) is 88.4 Å². The molecule has 1 aromatic heterocycles. The molecule has 134 valence electrons. The van der Waals surface area contributed by atoms with E-state index < -0.39 is 12.0 Å². The third-order valence-corrected chi connectivity index (χ3v) is 4.64. The molecule has 2 aromatic rings. The van der Waals surface area contributed by atoms with E-state index in [0.717, 1.165) is 10.9 Å². The summed E-state index contributed by atoms with van der Waals surface area (Å²) in [5.41, 5.74) is 1.51. The molecule has 0 unspecified atom stereocenters. The van der Waals surface area contributed by atoms with Gasteiger partial charge < -0.3 is 15.0 Å². The van der Waals surface area contributed by atoms with Crippen LogP contribution in [0.25, 0.3) is 10.9 Å². The Morgan fingerprint density at radius 2 is 2.00 bits per heavy atom. The van der Waals surface area contributed by atoms with Gasteiger partial charge in [-0.2, -0.15) is 11.8 Å². The Bertz CT molecular complexity index is 784. The Hall–Kier alpha value is -2.28. The summed E-state index contributed by atoms with van der Waals surface area (Å²) < 4.78 is 1.86. The van der Waals surface area contributed by atoms with Gasteiger partial charge in [0.15, 0.2) is 5.78 Å². The summed E-state index contributed by atoms with van der Waals surface area (Å²) in [4.78, 5) is 35.1. The number of hydrogen-bond donors (Lipinski definition) is 2. The Kier molecular flexibility index (Phi) is 6.64. The number of ketones is 1. The lowest BCUT2D eigenvalue weighted by Crippen LogP contribution is -2.41. The van der Waals surface area contributed by atoms with Gasteiger partial charge in [-0.15, -0.1) is 0 Å². The molecular formula is C18H22N2O4S. The molecule has 2 rings (SSSR count). The smallest absolute Gasteiger partial charge is 0.326 e. The predicted octanol–water partition coefficient (Wildman–Crippen LogP) is 2.56. The number of benzene rings is 1. The first-order valence-corrected chi connectivity index (χ1v) is 9.43. The van der Waals surface area contributed by atoms with Gasteiger partial charge in [0.25, 0.3) is 0 Å². The zero-order valence-electron chi connectivity index (χ0n) is 14.3. The molecule has 2 N–H and O–H groups in total. The van der Waals surface area contributed by atoms with Gasteiger partial charge >= 0.3 is 5.97 Å². The second-order valence-corrected chi connectivity index (χ2v) is 6.78. The summed E-state index contributed by atoms with van der Waals surface area (Å²) in [7, 11) is 0. The summed E-state index contributed by atoms with van der Waals surface area (Å²) in [5.74, 6) is -0.688. The van der Waals surface area contributed by atoms with Crippen LogP contribution in [0.15, 0.2) is 30.5 Å². The lowest BCUT2D eigenvalue weighted by molar-refractivity contribution is -0.141. The molecule has 1 aromatic carbocycles. The number of carbonyl (C=O) groups excluding carboxylic acids is 2. The van der Waals surface area contributed by atoms with Crippen LogP contribution in [-0.4, -0.2) is 45.4 Å². The van der Waals surface area contributed by atoms with Gasteiger partial charge in [0.1, 0.15) is 6.04 Å². The Balaban J connectivity index is 2.05. The number of aliphatic carboxylic acids is 1. The molecule has 0 bridgehead atoms. The van der Waals surface area contributed by atoms with Crippen molar-refractivity contribution in [3.63, 3.8) is 0 Å². The number of Topliss-reactive ketones (excluding diaryl/α,β-unsaturated/α-hetero) is 1. The van der Waals surface area contributed by atoms with Crippen LogP contribution < -0.4 is 5.32 Å². The number of nitrogens with one attached hydrogen (secondary N) is 1. The van der Waals surface area contributed by atoms with E-state index in [1.54, 1.807) is 18.0 Å². The molecule has 0 aliphatic rings. The van der Waals surface area contributed by atoms with E-state index in [0.29, 0.717) is 24.3 Å². The van der Waals surface area contributed by atoms with E-state index in [1.807, 2.05) is 35.1 Å². The third kappa shape index (κ3) is 4.85. The highest BCUT2D eigenvalue weighted by molar-refractivity contribution is 7.98. The first kappa shape index (κ1) is 19.1. The van der Waals surface area contributed by atoms with E-state index >= 15 is 0 Å². The Morgan fingerprint density at radius 3 is 2.64 bits per heavy atom. The number of thioether (sulfide) groups is 1. The van der Waals surface area contributed by atoms with Crippen LogP contribution >= 0.6 is 11.8 Å². The minimum absolute atomic E-state index is 0.0255. The fourth-order valence-corrected chi connectivity index (χ4v) is 3.17. The number of para-hydroxylation sites is 1. The van der Waals surface area contributed by atoms with Crippen molar-refractivity contribution in [3.8, 4) is 0 Å². The quantitative estimate of drug-likeness (QED) is 0.669. The van der Waals surface area contributed by atoms with E-state index in [1.165, 1.54) is 6.92 Å². The van der Waals surface area contributed by atoms with Crippen LogP contribution in [0.3, 0.4) is 0 Å². The van der Waals surface area contributed by atoms with Gasteiger partial charge in [0, 0.05) is 35.6 Å². The summed E-state index contributed by atoms with van der Waals surface area (Å²) in [6, 6.07) is 6.67. The highest BCUT2D eigenvalue weighted by Crippen LogP contribution is 2.22. The van der Waals surface area contributed by atoms with Crippen LogP contribution in [0.4, 0.5) is 0 Å². The summed E-state index contributed by atoms with van der Waals surface area (Å²) in [6.45, 7) is 1.90. The fourth-order valence-electron chi connectivity index (χ4n) is 2.69. The van der Waals surface area contributed by atoms with E-state index in [9.17, 15) is 19.5 Å². The largest absolute Gasteiger partial charge is 0.480 e. The molecule has 0 radical (unpaired) electrons. The SMILES string of the molecule is CSCC[C@H](NC(=O)CCn1cc(C(C)=O)c2ccccc21)C(=O)O. The highest BCUT2D eigenvalue weighted by atomic mass is 32.2. The van der Waals surface area contributed by atoms with Crippen molar-refractivity contribution in [1.29, 1.82) is 0 Å². The highest BCUT2D eigenvalue weighted by Gasteiger charge is 2.19. The number of nitrogens with zero attached hydrogens (tertiary/aromatic N) is 1. The number of carbonyl (C=O) groups is 3. The first-order chi connectivity index (χ1) is 11.9. The van der Waals surface area contributed by atoms with Crippen molar-refractivity contribution < 1.29 is 19.5 Å². The van der Waals surface area contributed by atoms with Crippen molar-refractivity contribution in [3.05, 3.63) is 36.0 Å². The number of fused-ring (bicyclic) bond motifs is 1. The Labute approximate surface area is 150 Å². The maximum absolute atomic E-state index is 12.1. The van der Waals surface area contributed by atoms with Crippen molar-refractivity contribution in [2.24, 2.45) is 0 Å². The van der Waals surface area contributed by atoms with Crippen LogP contribution in [-0.2, 0) is 16.1 Å². The molecule has 0 aliphatic heterocycles. The standard InChI is InChI=1S/C18H22N2O4S/c1-12(21)14-11-20(16-6-4-3-5-13(14)16)9-7-17(22)19-15(18(23)24)8-10-25-2/h3-6,11,15H,7-10H2,1-2H3,(H,19,22)(H,23,24)/t15-/m0/s1. The maximum Gasteiger partial charge on any atom is 0.326 e. The fraction of sp³-hybridized carbons (Fsp3) is 0.389. The van der Waals surface area contributed by atoms with Gasteiger partial charge in [-0.25, -0.2) is 4.79 Å². The molecule has 0 aliphatic carbocycles. The summed E-state index contributed by atoms with van der Waals surface area (Å²) in [6.07, 6.45) is 4.19. The maximum atomic E-state index is 12.1. The number of aryl methyl sites for hydroxylation is 1. The number of carboxylic acid groups (broad SMARTS) is 1. The molecule has 25 heavy (non-hydrogen) atoms. The van der Waals surface area contributed by atoms with Gasteiger partial charge in [-0.3, -0.25) is 9.59 Å². The van der Waals surface area contributed by atoms with Crippen molar-refractivity contribution in [2.45, 2.75) is 32.4 Å². The van der Waals surface area contributed by atoms with Crippen LogP contribution in [0, 0.1) is 0 Å². The number of amides is 1. The van der Waals surface area contributed by atoms with Crippen LogP contribution in [0.1, 0.15) is 30.1 Å². The van der Waals surface area contributed by atoms with Crippen LogP contribution in [0.5, 0.6) is 0 Å². The van der Waals surface area contributed by atoms with E-state index in [-0.39, 0.29) is 18.1 Å². The predicted molar refractivity (Wildman–Crippen MR) is 99.1 cm³/mol. The van der Waals surface area contributed by atoms with E-state index in [4.69, 9.17) is 0 Å². The first-order valence-electron chi connectivity index (χ1n) is 8.04. The normalized spacial score (nSPS) is 12.1. The molecule has 0 fully saturated rings. The monoisotopic (exact) mass is 362 g/mol. The lowest BCUT2D eigenvalue weighted by atomic mass is 10.1. The molecule has 0 saturated carbocycles. The number of rotatable bonds is 9. The number of hydrogen-bond acceptors (Lipinski definition) is 4. The third-order valence-electron chi connectivity index (χ3n) is 3.99. The molecule has 0 spiro atoms. The number of carboxylic acids is 1. The summed E-state index contributed by atoms with van der Waals surface area (Å²) in [5, 5.41) is 12.6. The minimum atomic E-state index is -1.02. The molecular weight excluding hydrogens is 340 g/mol. The molecule has 7 heteroatoms. The van der Waals surface area contributed by atoms with Gasteiger partial charge in [0.2, 0.25) is 5.91 Å². The van der Waals surface area contributed by atoms with Gasteiger partial charge in [0.05, 0.1) is 0 Å². The van der Waals surface area contributed by atoms with E-state index in [2.05, 4.69) is 5.32 Å². The molecule has 0 saturated heterocycles. The van der Waals surface area contributed by atoms with Crippen molar-refractivity contribution in [1.82, 2.24) is 9.88 Å². The van der Waals surface area contributed by atoms with Gasteiger partial charge in [-0.1, -0.05) is 18.2 Å². The van der Waals surface area contributed by atoms with Crippen molar-refractivity contribution in [2.75, 3.05) is 12.0 Å². The lowest BCUT2D eigenvalue weighted by Gasteiger charge is -2.14. The van der Waals surface area contributed by atoms with Crippen molar-refractivity contribution >= 4 is 40.3 Å². The molecule has 1 atom stereocenters. The zero-order valence-corrected chi connectivity index (χ0v) is 15.1. The molecule has 6 nitrogen and oxygen atoms in total. The average Bonchev–Trinajstić information content (AvgIpc) is 2.95. The zero-order chi connectivity index (χ0) is 18.4. The number of aromatic nitrogens is 1. The second-order valence-electron chi connectivity index (χ2n) is 5.80. The average molecular weight is 362 g/mol. The minimum Gasteiger partial charge on any atom is -0.480 e.